The fraction of sp³-hybridized carbons (Fsp3) is 1.00. The molecule has 90 valence electrons. The third-order valence-electron chi connectivity index (χ3n) is 1.93. The van der Waals surface area contributed by atoms with E-state index in [2.05, 4.69) is 0 Å². The van der Waals surface area contributed by atoms with Gasteiger partial charge >= 0.3 is 0 Å². The van der Waals surface area contributed by atoms with Crippen LogP contribution in [-0.2, 0) is 0 Å². The van der Waals surface area contributed by atoms with Crippen molar-refractivity contribution in [2.45, 2.75) is 86.2 Å². The molecule has 0 aromatic rings. The predicted octanol–water partition coefficient (Wildman–Crippen LogP) is 4.78. The van der Waals surface area contributed by atoms with Crippen LogP contribution in [0, 0.1) is 0 Å². The summed E-state index contributed by atoms with van der Waals surface area (Å²) >= 11 is 0. The summed E-state index contributed by atoms with van der Waals surface area (Å²) in [6, 6.07) is 0. The number of aliphatic hydroxyl groups is 1. The van der Waals surface area contributed by atoms with Crippen molar-refractivity contribution in [1.29, 1.82) is 0 Å². The molecule has 0 amide bonds. The molecular formula is C13H32O. The molecule has 0 spiro atoms. The lowest BCUT2D eigenvalue weighted by atomic mass is 9.87. The van der Waals surface area contributed by atoms with Gasteiger partial charge in [-0.2, -0.15) is 0 Å². The molecule has 1 heteroatoms. The zero-order valence-electron chi connectivity index (χ0n) is 11.5. The Morgan fingerprint density at radius 3 is 1.14 bits per heavy atom. The molecule has 0 heterocycles. The largest absolute Gasteiger partial charge is 0.390 e. The molecule has 0 aromatic carbocycles. The summed E-state index contributed by atoms with van der Waals surface area (Å²) in [6.45, 7) is 13.9. The molecule has 0 aliphatic heterocycles. The normalized spacial score (nSPS) is 17.1. The van der Waals surface area contributed by atoms with Gasteiger partial charge in [-0.1, -0.05) is 60.8 Å². The average molecular weight is 204 g/mol. The second-order valence-corrected chi connectivity index (χ2v) is 3.06. The Morgan fingerprint density at radius 2 is 1.00 bits per heavy atom. The molecule has 14 heavy (non-hydrogen) atoms. The Bertz CT molecular complexity index is 69.3. The first-order valence-corrected chi connectivity index (χ1v) is 6.43. The number of hydrogen-bond acceptors (Lipinski definition) is 1. The summed E-state index contributed by atoms with van der Waals surface area (Å²) in [6.07, 6.45) is 5.76. The molecule has 0 bridgehead atoms. The lowest BCUT2D eigenvalue weighted by Crippen LogP contribution is -2.26. The summed E-state index contributed by atoms with van der Waals surface area (Å²) in [4.78, 5) is 0. The molecule has 1 saturated carbocycles. The third kappa shape index (κ3) is 14.5. The monoisotopic (exact) mass is 204 g/mol. The molecule has 0 unspecified atom stereocenters. The minimum atomic E-state index is -0.321. The average Bonchev–Trinajstić information content (AvgIpc) is 2.26. The maximum Gasteiger partial charge on any atom is 0.0619 e. The topological polar surface area (TPSA) is 20.2 Å². The highest BCUT2D eigenvalue weighted by molar-refractivity contribution is 4.76. The van der Waals surface area contributed by atoms with E-state index in [1.165, 1.54) is 19.3 Å². The van der Waals surface area contributed by atoms with Gasteiger partial charge in [0.05, 0.1) is 5.60 Å². The van der Waals surface area contributed by atoms with E-state index in [0.717, 1.165) is 12.8 Å². The fourth-order valence-corrected chi connectivity index (χ4v) is 1.31. The van der Waals surface area contributed by atoms with Crippen molar-refractivity contribution in [2.24, 2.45) is 0 Å². The fourth-order valence-electron chi connectivity index (χ4n) is 1.31. The van der Waals surface area contributed by atoms with E-state index in [4.69, 9.17) is 0 Å². The van der Waals surface area contributed by atoms with Crippen molar-refractivity contribution < 1.29 is 5.11 Å². The van der Waals surface area contributed by atoms with Gasteiger partial charge in [0.1, 0.15) is 0 Å². The number of hydrogen-bond donors (Lipinski definition) is 1. The Labute approximate surface area is 91.9 Å². The van der Waals surface area contributed by atoms with Crippen LogP contribution in [-0.4, -0.2) is 10.7 Å². The first-order chi connectivity index (χ1) is 6.71. The van der Waals surface area contributed by atoms with E-state index in [1.807, 2.05) is 48.5 Å². The molecule has 0 atom stereocenters. The van der Waals surface area contributed by atoms with Crippen LogP contribution in [0.5, 0.6) is 0 Å². The quantitative estimate of drug-likeness (QED) is 0.602. The van der Waals surface area contributed by atoms with Crippen LogP contribution < -0.4 is 0 Å². The summed E-state index contributed by atoms with van der Waals surface area (Å²) in [5, 5.41) is 9.37. The molecule has 1 N–H and O–H groups in total. The highest BCUT2D eigenvalue weighted by Gasteiger charge is 2.22. The van der Waals surface area contributed by atoms with E-state index < -0.39 is 0 Å². The molecule has 0 radical (unpaired) electrons. The molecule has 0 aromatic heterocycles. The van der Waals surface area contributed by atoms with Gasteiger partial charge in [-0.25, -0.2) is 0 Å². The van der Waals surface area contributed by atoms with Crippen molar-refractivity contribution in [2.75, 3.05) is 0 Å². The van der Waals surface area contributed by atoms with E-state index in [0.29, 0.717) is 0 Å². The molecule has 1 rings (SSSR count). The highest BCUT2D eigenvalue weighted by atomic mass is 16.3. The number of rotatable bonds is 0. The lowest BCUT2D eigenvalue weighted by Gasteiger charge is -2.27. The second-order valence-electron chi connectivity index (χ2n) is 3.06. The summed E-state index contributed by atoms with van der Waals surface area (Å²) in [5.41, 5.74) is -0.321. The van der Waals surface area contributed by atoms with Crippen molar-refractivity contribution in [3.05, 3.63) is 0 Å². The van der Waals surface area contributed by atoms with Gasteiger partial charge in [-0.15, -0.1) is 0 Å². The van der Waals surface area contributed by atoms with Crippen molar-refractivity contribution >= 4 is 0 Å². The molecular weight excluding hydrogens is 172 g/mol. The lowest BCUT2D eigenvalue weighted by molar-refractivity contribution is 0.0225. The van der Waals surface area contributed by atoms with E-state index in [-0.39, 0.29) is 5.60 Å². The Morgan fingerprint density at radius 1 is 0.714 bits per heavy atom. The van der Waals surface area contributed by atoms with Crippen LogP contribution in [0.1, 0.15) is 80.6 Å². The summed E-state index contributed by atoms with van der Waals surface area (Å²) < 4.78 is 0. The standard InChI is InChI=1S/C7H14O.3C2H6/c1-7(8)5-3-2-4-6-7;3*1-2/h8H,2-6H2,1H3;3*1-2H3. The summed E-state index contributed by atoms with van der Waals surface area (Å²) in [5.74, 6) is 0. The van der Waals surface area contributed by atoms with E-state index in [9.17, 15) is 5.11 Å². The second kappa shape index (κ2) is 15.4. The zero-order valence-corrected chi connectivity index (χ0v) is 11.5. The first kappa shape index (κ1) is 19.5. The molecule has 1 aliphatic rings. The minimum absolute atomic E-state index is 0.321. The van der Waals surface area contributed by atoms with Gasteiger partial charge in [0.2, 0.25) is 0 Å². The first-order valence-electron chi connectivity index (χ1n) is 6.43. The van der Waals surface area contributed by atoms with Gasteiger partial charge < -0.3 is 5.11 Å². The van der Waals surface area contributed by atoms with Gasteiger partial charge in [0.25, 0.3) is 0 Å². The SMILES string of the molecule is CC.CC.CC.CC1(O)CCCCC1. The Balaban J connectivity index is -0.000000174. The predicted molar refractivity (Wildman–Crippen MR) is 67.8 cm³/mol. The van der Waals surface area contributed by atoms with Gasteiger partial charge in [0.15, 0.2) is 0 Å². The van der Waals surface area contributed by atoms with Gasteiger partial charge in [-0.05, 0) is 19.8 Å². The van der Waals surface area contributed by atoms with Gasteiger partial charge in [0, 0.05) is 0 Å². The Hall–Kier alpha value is -0.0400. The van der Waals surface area contributed by atoms with Crippen molar-refractivity contribution in [3.8, 4) is 0 Å². The van der Waals surface area contributed by atoms with Crippen LogP contribution >= 0.6 is 0 Å². The molecule has 1 fully saturated rings. The maximum atomic E-state index is 9.37. The smallest absolute Gasteiger partial charge is 0.0619 e. The van der Waals surface area contributed by atoms with E-state index in [1.54, 1.807) is 0 Å². The third-order valence-corrected chi connectivity index (χ3v) is 1.93. The summed E-state index contributed by atoms with van der Waals surface area (Å²) in [7, 11) is 0. The van der Waals surface area contributed by atoms with Crippen LogP contribution in [0.25, 0.3) is 0 Å². The Kier molecular flexibility index (Phi) is 21.5. The highest BCUT2D eigenvalue weighted by Crippen LogP contribution is 2.26. The van der Waals surface area contributed by atoms with Crippen LogP contribution in [0.2, 0.25) is 0 Å². The molecule has 1 aliphatic carbocycles. The molecule has 1 nitrogen and oxygen atoms in total. The molecule has 0 saturated heterocycles. The maximum absolute atomic E-state index is 9.37. The van der Waals surface area contributed by atoms with Crippen molar-refractivity contribution in [1.82, 2.24) is 0 Å². The van der Waals surface area contributed by atoms with E-state index >= 15 is 0 Å². The van der Waals surface area contributed by atoms with Crippen LogP contribution in [0.3, 0.4) is 0 Å². The van der Waals surface area contributed by atoms with Crippen LogP contribution in [0.15, 0.2) is 0 Å². The van der Waals surface area contributed by atoms with Gasteiger partial charge in [-0.3, -0.25) is 0 Å². The zero-order chi connectivity index (χ0) is 12.0. The minimum Gasteiger partial charge on any atom is -0.390 e. The van der Waals surface area contributed by atoms with Crippen molar-refractivity contribution in [3.63, 3.8) is 0 Å². The van der Waals surface area contributed by atoms with Crippen LogP contribution in [0.4, 0.5) is 0 Å².